The van der Waals surface area contributed by atoms with Gasteiger partial charge in [0.15, 0.2) is 5.65 Å². The molecule has 2 aromatic heterocycles. The number of nitrogen functional groups attached to an aromatic ring is 1. The molecule has 0 saturated carbocycles. The Hall–Kier alpha value is -2.58. The molecule has 0 unspecified atom stereocenters. The normalized spacial score (nSPS) is 11.6. The average Bonchev–Trinajstić information content (AvgIpc) is 2.74. The van der Waals surface area contributed by atoms with Gasteiger partial charge in [0, 0.05) is 12.1 Å². The van der Waals surface area contributed by atoms with Crippen molar-refractivity contribution in [2.45, 2.75) is 39.8 Å². The Labute approximate surface area is 125 Å². The first-order chi connectivity index (χ1) is 10.2. The first kappa shape index (κ1) is 15.8. The molecule has 2 heterocycles. The van der Waals surface area contributed by atoms with E-state index >= 15 is 0 Å². The third-order valence-electron chi connectivity index (χ3n) is 3.36. The highest BCUT2D eigenvalue weighted by atomic mass is 16.5. The number of fused-ring (bicyclic) bond motifs is 1. The van der Waals surface area contributed by atoms with Gasteiger partial charge in [0.2, 0.25) is 0 Å². The van der Waals surface area contributed by atoms with Crippen LogP contribution in [0.4, 0.5) is 10.6 Å². The van der Waals surface area contributed by atoms with Crippen molar-refractivity contribution in [2.75, 3.05) is 12.8 Å². The fourth-order valence-electron chi connectivity index (χ4n) is 2.35. The van der Waals surface area contributed by atoms with E-state index in [1.54, 1.807) is 27.7 Å². The van der Waals surface area contributed by atoms with Gasteiger partial charge in [-0.05, 0) is 27.7 Å². The molecule has 2 N–H and O–H groups in total. The summed E-state index contributed by atoms with van der Waals surface area (Å²) in [6, 6.07) is -0.615. The number of methoxy groups -OCH3 is 1. The Morgan fingerprint density at radius 1 is 1.14 bits per heavy atom. The lowest BCUT2D eigenvalue weighted by atomic mass is 10.3. The van der Waals surface area contributed by atoms with Crippen LogP contribution in [-0.2, 0) is 4.74 Å². The minimum atomic E-state index is -0.827. The molecule has 0 atom stereocenters. The van der Waals surface area contributed by atoms with Gasteiger partial charge in [-0.3, -0.25) is 13.9 Å². The van der Waals surface area contributed by atoms with E-state index in [2.05, 4.69) is 9.84 Å². The second-order valence-electron chi connectivity index (χ2n) is 5.48. The van der Waals surface area contributed by atoms with Crippen LogP contribution >= 0.6 is 0 Å². The summed E-state index contributed by atoms with van der Waals surface area (Å²) < 4.78 is 7.81. The zero-order valence-electron chi connectivity index (χ0n) is 13.2. The molecule has 0 fully saturated rings. The number of hydrogen-bond acceptors (Lipinski definition) is 6. The second kappa shape index (κ2) is 5.32. The summed E-state index contributed by atoms with van der Waals surface area (Å²) in [5, 5.41) is 4.03. The lowest BCUT2D eigenvalue weighted by Gasteiger charge is -2.15. The number of carbonyl (C=O) groups excluding carboxylic acids is 1. The predicted octanol–water partition coefficient (Wildman–Crippen LogP) is 0.718. The molecule has 9 heteroatoms. The first-order valence-corrected chi connectivity index (χ1v) is 6.85. The number of hydrogen-bond donors (Lipinski definition) is 1. The topological polar surface area (TPSA) is 114 Å². The SMILES string of the molecule is COC(=O)n1nc2c(c1N)c(=O)n(C(C)C)c(=O)n2C(C)C. The standard InChI is InChI=1S/C13H19N5O4/c1-6(2)16-10-8(9(14)18(15-10)13(21)22-5)11(19)17(7(3)4)12(16)20/h6-7H,14H2,1-5H3. The summed E-state index contributed by atoms with van der Waals surface area (Å²) in [4.78, 5) is 36.8. The average molecular weight is 309 g/mol. The summed E-state index contributed by atoms with van der Waals surface area (Å²) in [6.45, 7) is 7.01. The Morgan fingerprint density at radius 2 is 1.68 bits per heavy atom. The van der Waals surface area contributed by atoms with Gasteiger partial charge in [0.25, 0.3) is 5.56 Å². The quantitative estimate of drug-likeness (QED) is 0.874. The molecule has 2 rings (SSSR count). The van der Waals surface area contributed by atoms with E-state index in [4.69, 9.17) is 5.73 Å². The molecular weight excluding hydrogens is 290 g/mol. The largest absolute Gasteiger partial charge is 0.451 e. The predicted molar refractivity (Wildman–Crippen MR) is 81.2 cm³/mol. The number of aromatic nitrogens is 4. The smallest absolute Gasteiger partial charge is 0.436 e. The van der Waals surface area contributed by atoms with E-state index in [0.29, 0.717) is 0 Å². The van der Waals surface area contributed by atoms with Crippen molar-refractivity contribution in [1.29, 1.82) is 0 Å². The van der Waals surface area contributed by atoms with Gasteiger partial charge in [-0.25, -0.2) is 9.59 Å². The third-order valence-corrected chi connectivity index (χ3v) is 3.36. The van der Waals surface area contributed by atoms with Gasteiger partial charge in [0.1, 0.15) is 11.2 Å². The van der Waals surface area contributed by atoms with Crippen LogP contribution in [-0.4, -0.2) is 32.1 Å². The molecule has 0 spiro atoms. The Bertz CT molecular complexity index is 856. The third kappa shape index (κ3) is 2.09. The number of anilines is 1. The van der Waals surface area contributed by atoms with Crippen LogP contribution in [0.2, 0.25) is 0 Å². The van der Waals surface area contributed by atoms with Gasteiger partial charge in [-0.1, -0.05) is 0 Å². The van der Waals surface area contributed by atoms with Crippen molar-refractivity contribution in [2.24, 2.45) is 0 Å². The molecule has 0 bridgehead atoms. The summed E-state index contributed by atoms with van der Waals surface area (Å²) >= 11 is 0. The fourth-order valence-corrected chi connectivity index (χ4v) is 2.35. The number of ether oxygens (including phenoxy) is 1. The van der Waals surface area contributed by atoms with Crippen LogP contribution in [0.3, 0.4) is 0 Å². The molecular formula is C13H19N5O4. The molecule has 0 aliphatic rings. The maximum Gasteiger partial charge on any atom is 0.436 e. The summed E-state index contributed by atoms with van der Waals surface area (Å²) in [7, 11) is 1.18. The van der Waals surface area contributed by atoms with Crippen LogP contribution in [0.15, 0.2) is 9.59 Å². The maximum atomic E-state index is 12.6. The summed E-state index contributed by atoms with van der Waals surface area (Å²) in [6.07, 6.45) is -0.827. The summed E-state index contributed by atoms with van der Waals surface area (Å²) in [5.74, 6) is -0.143. The second-order valence-corrected chi connectivity index (χ2v) is 5.48. The number of carbonyl (C=O) groups is 1. The molecule has 9 nitrogen and oxygen atoms in total. The molecule has 22 heavy (non-hydrogen) atoms. The van der Waals surface area contributed by atoms with Crippen molar-refractivity contribution >= 4 is 22.9 Å². The molecule has 0 saturated heterocycles. The zero-order valence-corrected chi connectivity index (χ0v) is 13.2. The van der Waals surface area contributed by atoms with Gasteiger partial charge >= 0.3 is 11.8 Å². The van der Waals surface area contributed by atoms with Crippen LogP contribution in [0, 0.1) is 0 Å². The van der Waals surface area contributed by atoms with Crippen molar-refractivity contribution in [3.63, 3.8) is 0 Å². The van der Waals surface area contributed by atoms with E-state index in [-0.39, 0.29) is 28.9 Å². The van der Waals surface area contributed by atoms with E-state index in [9.17, 15) is 14.4 Å². The highest BCUT2D eigenvalue weighted by Gasteiger charge is 2.25. The van der Waals surface area contributed by atoms with Crippen LogP contribution in [0.1, 0.15) is 39.8 Å². The lowest BCUT2D eigenvalue weighted by Crippen LogP contribution is -2.41. The van der Waals surface area contributed by atoms with Gasteiger partial charge in [-0.15, -0.1) is 9.78 Å². The molecule has 120 valence electrons. The molecule has 2 aromatic rings. The van der Waals surface area contributed by atoms with E-state index < -0.39 is 17.3 Å². The molecule has 0 amide bonds. The zero-order chi connectivity index (χ0) is 16.8. The van der Waals surface area contributed by atoms with Gasteiger partial charge < -0.3 is 10.5 Å². The molecule has 0 aromatic carbocycles. The Balaban J connectivity index is 3.08. The van der Waals surface area contributed by atoms with E-state index in [1.165, 1.54) is 11.7 Å². The van der Waals surface area contributed by atoms with Crippen LogP contribution < -0.4 is 17.0 Å². The molecule has 0 aliphatic carbocycles. The lowest BCUT2D eigenvalue weighted by molar-refractivity contribution is 0.170. The minimum Gasteiger partial charge on any atom is -0.451 e. The van der Waals surface area contributed by atoms with Gasteiger partial charge in [0.05, 0.1) is 7.11 Å². The van der Waals surface area contributed by atoms with Gasteiger partial charge in [-0.2, -0.15) is 0 Å². The van der Waals surface area contributed by atoms with Crippen molar-refractivity contribution < 1.29 is 9.53 Å². The highest BCUT2D eigenvalue weighted by Crippen LogP contribution is 2.19. The number of rotatable bonds is 2. The molecule has 0 aliphatic heterocycles. The monoisotopic (exact) mass is 309 g/mol. The van der Waals surface area contributed by atoms with E-state index in [1.807, 2.05) is 0 Å². The minimum absolute atomic E-state index is 0.0346. The van der Waals surface area contributed by atoms with Crippen molar-refractivity contribution in [3.8, 4) is 0 Å². The van der Waals surface area contributed by atoms with Crippen LogP contribution in [0.25, 0.3) is 11.0 Å². The van der Waals surface area contributed by atoms with E-state index in [0.717, 1.165) is 9.25 Å². The fraction of sp³-hybridized carbons (Fsp3) is 0.538. The van der Waals surface area contributed by atoms with Crippen molar-refractivity contribution in [3.05, 3.63) is 20.8 Å². The van der Waals surface area contributed by atoms with Crippen molar-refractivity contribution in [1.82, 2.24) is 18.9 Å². The number of nitrogens with two attached hydrogens (primary N) is 1. The number of nitrogens with zero attached hydrogens (tertiary/aromatic N) is 4. The highest BCUT2D eigenvalue weighted by molar-refractivity contribution is 5.91. The Kier molecular flexibility index (Phi) is 3.82. The van der Waals surface area contributed by atoms with Crippen LogP contribution in [0.5, 0.6) is 0 Å². The maximum absolute atomic E-state index is 12.6. The summed E-state index contributed by atoms with van der Waals surface area (Å²) in [5.41, 5.74) is 4.89. The Morgan fingerprint density at radius 3 is 2.14 bits per heavy atom. The molecule has 0 radical (unpaired) electrons. The first-order valence-electron chi connectivity index (χ1n) is 6.85.